The van der Waals surface area contributed by atoms with Gasteiger partial charge < -0.3 is 10.1 Å². The van der Waals surface area contributed by atoms with E-state index in [1.165, 1.54) is 18.5 Å². The molecule has 5 atom stereocenters. The Morgan fingerprint density at radius 3 is 2.63 bits per heavy atom. The van der Waals surface area contributed by atoms with E-state index in [-0.39, 0.29) is 23.9 Å². The van der Waals surface area contributed by atoms with Crippen molar-refractivity contribution in [1.29, 1.82) is 0 Å². The summed E-state index contributed by atoms with van der Waals surface area (Å²) in [5.74, 6) is 1.54. The molecule has 0 radical (unpaired) electrons. The van der Waals surface area contributed by atoms with E-state index in [4.69, 9.17) is 16.3 Å². The number of carbonyl (C=O) groups is 1. The smallest absolute Gasteiger partial charge is 0.251 e. The minimum absolute atomic E-state index is 0.0526. The van der Waals surface area contributed by atoms with Gasteiger partial charge >= 0.3 is 0 Å². The van der Waals surface area contributed by atoms with Crippen LogP contribution in [0, 0.1) is 23.6 Å². The van der Waals surface area contributed by atoms with E-state index in [1.54, 1.807) is 30.3 Å². The molecule has 0 spiro atoms. The van der Waals surface area contributed by atoms with Crippen LogP contribution >= 0.6 is 11.6 Å². The van der Waals surface area contributed by atoms with Crippen molar-refractivity contribution < 1.29 is 13.9 Å². The van der Waals surface area contributed by atoms with E-state index >= 15 is 0 Å². The molecule has 0 aliphatic heterocycles. The highest BCUT2D eigenvalue weighted by atomic mass is 35.5. The summed E-state index contributed by atoms with van der Waals surface area (Å²) >= 11 is 5.89. The predicted octanol–water partition coefficient (Wildman–Crippen LogP) is 4.64. The van der Waals surface area contributed by atoms with E-state index in [0.29, 0.717) is 45.1 Å². The molecule has 154 valence electrons. The van der Waals surface area contributed by atoms with Crippen LogP contribution < -0.4 is 10.1 Å². The van der Waals surface area contributed by atoms with Gasteiger partial charge in [0.05, 0.1) is 10.9 Å². The third-order valence-electron chi connectivity index (χ3n) is 6.35. The second kappa shape index (κ2) is 7.51. The Labute approximate surface area is 178 Å². The number of nitrogens with zero attached hydrogens (tertiary/aromatic N) is 2. The Hall–Kier alpha value is -2.73. The van der Waals surface area contributed by atoms with Crippen LogP contribution in [0.15, 0.2) is 48.8 Å². The summed E-state index contributed by atoms with van der Waals surface area (Å²) < 4.78 is 19.8. The topological polar surface area (TPSA) is 64.1 Å². The van der Waals surface area contributed by atoms with Crippen LogP contribution in [-0.2, 0) is 0 Å². The SMILES string of the molecule is CC(NC(=O)c1ccc(Cl)cc1)C1[C@H]2CC(Oc3ncnc4ccc(F)cc34)C[C@@H]12. The third kappa shape index (κ3) is 3.60. The van der Waals surface area contributed by atoms with Gasteiger partial charge in [0.1, 0.15) is 18.2 Å². The standard InChI is InChI=1S/C23H21ClFN3O2/c1-12(28-22(29)13-2-4-14(24)5-3-13)21-17-9-16(10-18(17)21)30-23-19-8-15(25)6-7-20(19)26-11-27-23/h2-8,11-12,16-18,21H,9-10H2,1H3,(H,28,29)/t12?,16?,17-,18+,21?. The molecule has 5 nitrogen and oxygen atoms in total. The maximum atomic E-state index is 13.6. The van der Waals surface area contributed by atoms with Crippen LogP contribution in [0.3, 0.4) is 0 Å². The van der Waals surface area contributed by atoms with Gasteiger partial charge in [-0.25, -0.2) is 14.4 Å². The van der Waals surface area contributed by atoms with E-state index < -0.39 is 0 Å². The number of nitrogens with one attached hydrogen (secondary N) is 1. The van der Waals surface area contributed by atoms with Crippen LogP contribution in [0.25, 0.3) is 10.9 Å². The third-order valence-corrected chi connectivity index (χ3v) is 6.60. The number of hydrogen-bond acceptors (Lipinski definition) is 4. The number of halogens is 2. The number of ether oxygens (including phenoxy) is 1. The largest absolute Gasteiger partial charge is 0.474 e. The highest BCUT2D eigenvalue weighted by molar-refractivity contribution is 6.30. The Kier molecular flexibility index (Phi) is 4.82. The summed E-state index contributed by atoms with van der Waals surface area (Å²) in [5.41, 5.74) is 1.28. The number of fused-ring (bicyclic) bond motifs is 2. The van der Waals surface area contributed by atoms with E-state index in [0.717, 1.165) is 12.8 Å². The summed E-state index contributed by atoms with van der Waals surface area (Å²) in [6.07, 6.45) is 3.33. The zero-order valence-corrected chi connectivity index (χ0v) is 17.1. The molecule has 3 unspecified atom stereocenters. The summed E-state index contributed by atoms with van der Waals surface area (Å²) in [4.78, 5) is 20.8. The molecule has 2 aliphatic rings. The molecule has 1 aromatic heterocycles. The molecule has 7 heteroatoms. The highest BCUT2D eigenvalue weighted by Crippen LogP contribution is 2.59. The molecule has 3 aromatic rings. The fourth-order valence-electron chi connectivity index (χ4n) is 4.92. The van der Waals surface area contributed by atoms with Gasteiger partial charge in [-0.15, -0.1) is 0 Å². The number of rotatable bonds is 5. The molecule has 2 aliphatic carbocycles. The van der Waals surface area contributed by atoms with Crippen molar-refractivity contribution in [2.45, 2.75) is 31.9 Å². The van der Waals surface area contributed by atoms with Gasteiger partial charge in [-0.05, 0) is 80.0 Å². The Balaban J connectivity index is 1.19. The molecule has 2 aromatic carbocycles. The van der Waals surface area contributed by atoms with Crippen molar-refractivity contribution in [3.05, 3.63) is 65.2 Å². The normalized spacial score (nSPS) is 25.6. The fourth-order valence-corrected chi connectivity index (χ4v) is 5.05. The minimum atomic E-state index is -0.332. The first-order chi connectivity index (χ1) is 14.5. The molecule has 1 heterocycles. The lowest BCUT2D eigenvalue weighted by Gasteiger charge is -2.20. The van der Waals surface area contributed by atoms with E-state index in [1.807, 2.05) is 0 Å². The zero-order valence-electron chi connectivity index (χ0n) is 16.4. The van der Waals surface area contributed by atoms with Crippen molar-refractivity contribution in [3.8, 4) is 5.88 Å². The molecule has 30 heavy (non-hydrogen) atoms. The van der Waals surface area contributed by atoms with Gasteiger partial charge in [-0.3, -0.25) is 4.79 Å². The monoisotopic (exact) mass is 425 g/mol. The summed E-state index contributed by atoms with van der Waals surface area (Å²) in [7, 11) is 0. The summed E-state index contributed by atoms with van der Waals surface area (Å²) in [5, 5.41) is 4.32. The number of hydrogen-bond donors (Lipinski definition) is 1. The van der Waals surface area contributed by atoms with Gasteiger partial charge in [0.15, 0.2) is 0 Å². The average molecular weight is 426 g/mol. The predicted molar refractivity (Wildman–Crippen MR) is 112 cm³/mol. The molecule has 0 saturated heterocycles. The van der Waals surface area contributed by atoms with Gasteiger partial charge in [0.25, 0.3) is 5.91 Å². The Bertz CT molecular complexity index is 1100. The van der Waals surface area contributed by atoms with Crippen LogP contribution in [-0.4, -0.2) is 28.0 Å². The molecular weight excluding hydrogens is 405 g/mol. The number of carbonyl (C=O) groups excluding carboxylic acids is 1. The first-order valence-corrected chi connectivity index (χ1v) is 10.5. The van der Waals surface area contributed by atoms with Crippen molar-refractivity contribution in [3.63, 3.8) is 0 Å². The second-order valence-electron chi connectivity index (χ2n) is 8.23. The maximum Gasteiger partial charge on any atom is 0.251 e. The lowest BCUT2D eigenvalue weighted by molar-refractivity contribution is 0.0930. The van der Waals surface area contributed by atoms with Crippen molar-refractivity contribution >= 4 is 28.4 Å². The first kappa shape index (κ1) is 19.2. The number of aromatic nitrogens is 2. The molecule has 0 bridgehead atoms. The van der Waals surface area contributed by atoms with E-state index in [2.05, 4.69) is 22.2 Å². The van der Waals surface area contributed by atoms with Crippen molar-refractivity contribution in [2.24, 2.45) is 17.8 Å². The van der Waals surface area contributed by atoms with Crippen molar-refractivity contribution in [2.75, 3.05) is 0 Å². The van der Waals surface area contributed by atoms with Gasteiger partial charge in [0, 0.05) is 16.6 Å². The summed E-state index contributed by atoms with van der Waals surface area (Å²) in [6.45, 7) is 2.06. The molecule has 2 saturated carbocycles. The first-order valence-electron chi connectivity index (χ1n) is 10.1. The van der Waals surface area contributed by atoms with Crippen molar-refractivity contribution in [1.82, 2.24) is 15.3 Å². The van der Waals surface area contributed by atoms with Crippen LogP contribution in [0.5, 0.6) is 5.88 Å². The Morgan fingerprint density at radius 1 is 1.17 bits per heavy atom. The molecule has 1 N–H and O–H groups in total. The van der Waals surface area contributed by atoms with Gasteiger partial charge in [-0.1, -0.05) is 11.6 Å². The number of benzene rings is 2. The zero-order chi connectivity index (χ0) is 20.8. The summed E-state index contributed by atoms with van der Waals surface area (Å²) in [6, 6.07) is 11.4. The molecule has 2 fully saturated rings. The lowest BCUT2D eigenvalue weighted by atomic mass is 10.0. The Morgan fingerprint density at radius 2 is 1.90 bits per heavy atom. The van der Waals surface area contributed by atoms with Crippen LogP contribution in [0.1, 0.15) is 30.1 Å². The van der Waals surface area contributed by atoms with Gasteiger partial charge in [0.2, 0.25) is 5.88 Å². The van der Waals surface area contributed by atoms with E-state index in [9.17, 15) is 9.18 Å². The minimum Gasteiger partial charge on any atom is -0.474 e. The van der Waals surface area contributed by atoms with Gasteiger partial charge in [-0.2, -0.15) is 0 Å². The quantitative estimate of drug-likeness (QED) is 0.646. The lowest BCUT2D eigenvalue weighted by Crippen LogP contribution is -2.36. The molecular formula is C23H21ClFN3O2. The molecule has 1 amide bonds. The second-order valence-corrected chi connectivity index (χ2v) is 8.66. The fraction of sp³-hybridized carbons (Fsp3) is 0.348. The number of amides is 1. The average Bonchev–Trinajstić information content (AvgIpc) is 3.24. The highest BCUT2D eigenvalue weighted by Gasteiger charge is 2.58. The maximum absolute atomic E-state index is 13.6. The van der Waals surface area contributed by atoms with Crippen LogP contribution in [0.4, 0.5) is 4.39 Å². The molecule has 5 rings (SSSR count). The van der Waals surface area contributed by atoms with Crippen LogP contribution in [0.2, 0.25) is 5.02 Å².